The van der Waals surface area contributed by atoms with Gasteiger partial charge in [0.1, 0.15) is 11.6 Å². The SMILES string of the molecule is CC(C(=O)NC1CCN(CC2(c3ccccc3)CCCC2)CC1)N1C(=O)NC(C)(C)C1=O. The predicted octanol–water partition coefficient (Wildman–Crippen LogP) is 2.80. The second-order valence-electron chi connectivity index (χ2n) is 10.3. The summed E-state index contributed by atoms with van der Waals surface area (Å²) in [5.41, 5.74) is 0.742. The number of piperidine rings is 1. The van der Waals surface area contributed by atoms with E-state index < -0.39 is 17.6 Å². The van der Waals surface area contributed by atoms with Gasteiger partial charge < -0.3 is 15.5 Å². The molecule has 2 N–H and O–H groups in total. The zero-order valence-corrected chi connectivity index (χ0v) is 19.5. The molecule has 2 saturated heterocycles. The minimum absolute atomic E-state index is 0.0752. The van der Waals surface area contributed by atoms with Crippen molar-refractivity contribution in [3.8, 4) is 0 Å². The fourth-order valence-electron chi connectivity index (χ4n) is 5.61. The number of likely N-dealkylation sites (tertiary alicyclic amines) is 1. The van der Waals surface area contributed by atoms with Gasteiger partial charge in [-0.3, -0.25) is 9.59 Å². The van der Waals surface area contributed by atoms with Crippen molar-refractivity contribution in [1.82, 2.24) is 20.4 Å². The van der Waals surface area contributed by atoms with E-state index in [1.54, 1.807) is 20.8 Å². The maximum atomic E-state index is 12.8. The smallest absolute Gasteiger partial charge is 0.325 e. The van der Waals surface area contributed by atoms with E-state index in [-0.39, 0.29) is 23.3 Å². The maximum absolute atomic E-state index is 12.8. The summed E-state index contributed by atoms with van der Waals surface area (Å²) >= 11 is 0. The Hall–Kier alpha value is -2.41. The Kier molecular flexibility index (Phi) is 6.30. The van der Waals surface area contributed by atoms with Crippen molar-refractivity contribution in [1.29, 1.82) is 0 Å². The van der Waals surface area contributed by atoms with Crippen LogP contribution in [0.25, 0.3) is 0 Å². The molecule has 1 aromatic carbocycles. The molecule has 2 aliphatic heterocycles. The van der Waals surface area contributed by atoms with Crippen LogP contribution >= 0.6 is 0 Å². The maximum Gasteiger partial charge on any atom is 0.325 e. The molecule has 7 nitrogen and oxygen atoms in total. The molecule has 1 aliphatic carbocycles. The predicted molar refractivity (Wildman–Crippen MR) is 123 cm³/mol. The van der Waals surface area contributed by atoms with E-state index in [0.29, 0.717) is 0 Å². The van der Waals surface area contributed by atoms with Gasteiger partial charge in [0.15, 0.2) is 0 Å². The number of hydrogen-bond acceptors (Lipinski definition) is 4. The quantitative estimate of drug-likeness (QED) is 0.667. The highest BCUT2D eigenvalue weighted by atomic mass is 16.2. The topological polar surface area (TPSA) is 81.8 Å². The molecule has 1 saturated carbocycles. The number of urea groups is 1. The molecule has 2 heterocycles. The molecule has 1 aromatic rings. The van der Waals surface area contributed by atoms with Crippen LogP contribution in [0.2, 0.25) is 0 Å². The van der Waals surface area contributed by atoms with E-state index in [9.17, 15) is 14.4 Å². The minimum Gasteiger partial charge on any atom is -0.351 e. The summed E-state index contributed by atoms with van der Waals surface area (Å²) < 4.78 is 0. The Bertz CT molecular complexity index is 855. The van der Waals surface area contributed by atoms with Gasteiger partial charge in [0.25, 0.3) is 5.91 Å². The molecular formula is C25H36N4O3. The third kappa shape index (κ3) is 4.40. The third-order valence-electron chi connectivity index (χ3n) is 7.57. The Balaban J connectivity index is 1.31. The van der Waals surface area contributed by atoms with Crippen molar-refractivity contribution >= 4 is 17.8 Å². The zero-order valence-electron chi connectivity index (χ0n) is 19.5. The lowest BCUT2D eigenvalue weighted by Gasteiger charge is -2.40. The Labute approximate surface area is 190 Å². The second-order valence-corrected chi connectivity index (χ2v) is 10.3. The molecule has 4 amide bonds. The fourth-order valence-corrected chi connectivity index (χ4v) is 5.61. The van der Waals surface area contributed by atoms with E-state index in [4.69, 9.17) is 0 Å². The number of imide groups is 1. The van der Waals surface area contributed by atoms with Crippen LogP contribution in [0.1, 0.15) is 64.9 Å². The molecule has 32 heavy (non-hydrogen) atoms. The molecule has 0 aromatic heterocycles. The van der Waals surface area contributed by atoms with E-state index in [0.717, 1.165) is 37.4 Å². The first-order valence-electron chi connectivity index (χ1n) is 12.0. The molecular weight excluding hydrogens is 404 g/mol. The molecule has 174 valence electrons. The molecule has 4 rings (SSSR count). The lowest BCUT2D eigenvalue weighted by molar-refractivity contribution is -0.137. The summed E-state index contributed by atoms with van der Waals surface area (Å²) in [5.74, 6) is -0.621. The summed E-state index contributed by atoms with van der Waals surface area (Å²) in [6, 6.07) is 9.68. The van der Waals surface area contributed by atoms with Crippen LogP contribution in [0.5, 0.6) is 0 Å². The molecule has 7 heteroatoms. The van der Waals surface area contributed by atoms with Gasteiger partial charge in [-0.25, -0.2) is 9.69 Å². The van der Waals surface area contributed by atoms with Crippen molar-refractivity contribution in [2.24, 2.45) is 0 Å². The average Bonchev–Trinajstić information content (AvgIpc) is 3.32. The number of rotatable bonds is 6. The van der Waals surface area contributed by atoms with Gasteiger partial charge in [-0.2, -0.15) is 0 Å². The van der Waals surface area contributed by atoms with Crippen molar-refractivity contribution < 1.29 is 14.4 Å². The third-order valence-corrected chi connectivity index (χ3v) is 7.57. The van der Waals surface area contributed by atoms with Crippen LogP contribution in [0.4, 0.5) is 4.79 Å². The first kappa shape index (κ1) is 22.8. The van der Waals surface area contributed by atoms with Gasteiger partial charge in [0.05, 0.1) is 0 Å². The Morgan fingerprint density at radius 1 is 1.12 bits per heavy atom. The van der Waals surface area contributed by atoms with Crippen molar-refractivity contribution in [3.05, 3.63) is 35.9 Å². The van der Waals surface area contributed by atoms with Gasteiger partial charge in [-0.05, 0) is 52.0 Å². The van der Waals surface area contributed by atoms with Crippen molar-refractivity contribution in [2.75, 3.05) is 19.6 Å². The molecule has 0 spiro atoms. The van der Waals surface area contributed by atoms with E-state index >= 15 is 0 Å². The number of nitrogens with one attached hydrogen (secondary N) is 2. The molecule has 1 unspecified atom stereocenters. The second kappa shape index (κ2) is 8.85. The van der Waals surface area contributed by atoms with Crippen molar-refractivity contribution in [3.63, 3.8) is 0 Å². The van der Waals surface area contributed by atoms with Gasteiger partial charge in [-0.15, -0.1) is 0 Å². The van der Waals surface area contributed by atoms with Crippen LogP contribution in [-0.2, 0) is 15.0 Å². The summed E-state index contributed by atoms with van der Waals surface area (Å²) in [5, 5.41) is 5.72. The van der Waals surface area contributed by atoms with Gasteiger partial charge >= 0.3 is 6.03 Å². The number of hydrogen-bond donors (Lipinski definition) is 2. The van der Waals surface area contributed by atoms with Crippen molar-refractivity contribution in [2.45, 2.75) is 82.3 Å². The summed E-state index contributed by atoms with van der Waals surface area (Å²) in [7, 11) is 0. The average molecular weight is 441 g/mol. The van der Waals surface area contributed by atoms with E-state index in [2.05, 4.69) is 45.9 Å². The summed E-state index contributed by atoms with van der Waals surface area (Å²) in [4.78, 5) is 41.1. The lowest BCUT2D eigenvalue weighted by atomic mass is 9.78. The highest BCUT2D eigenvalue weighted by Crippen LogP contribution is 2.42. The number of carbonyl (C=O) groups is 3. The van der Waals surface area contributed by atoms with E-state index in [1.807, 2.05) is 0 Å². The summed E-state index contributed by atoms with van der Waals surface area (Å²) in [6.07, 6.45) is 6.84. The number of nitrogens with zero attached hydrogens (tertiary/aromatic N) is 2. The number of amides is 4. The van der Waals surface area contributed by atoms with Crippen LogP contribution in [-0.4, -0.2) is 64.9 Å². The van der Waals surface area contributed by atoms with Crippen LogP contribution < -0.4 is 10.6 Å². The van der Waals surface area contributed by atoms with Gasteiger partial charge in [0.2, 0.25) is 5.91 Å². The first-order valence-corrected chi connectivity index (χ1v) is 12.0. The normalized spacial score (nSPS) is 24.4. The Morgan fingerprint density at radius 2 is 1.75 bits per heavy atom. The highest BCUT2D eigenvalue weighted by Gasteiger charge is 2.48. The molecule has 3 aliphatic rings. The lowest BCUT2D eigenvalue weighted by Crippen LogP contribution is -2.54. The Morgan fingerprint density at radius 3 is 2.31 bits per heavy atom. The zero-order chi connectivity index (χ0) is 22.9. The minimum atomic E-state index is -0.966. The van der Waals surface area contributed by atoms with Gasteiger partial charge in [0, 0.05) is 31.1 Å². The number of carbonyl (C=O) groups excluding carboxylic acids is 3. The van der Waals surface area contributed by atoms with Crippen LogP contribution in [0, 0.1) is 0 Å². The molecule has 3 fully saturated rings. The monoisotopic (exact) mass is 440 g/mol. The fraction of sp³-hybridized carbons (Fsp3) is 0.640. The van der Waals surface area contributed by atoms with Gasteiger partial charge in [-0.1, -0.05) is 43.2 Å². The molecule has 0 radical (unpaired) electrons. The number of benzene rings is 1. The van der Waals surface area contributed by atoms with Crippen LogP contribution in [0.3, 0.4) is 0 Å². The van der Waals surface area contributed by atoms with Crippen LogP contribution in [0.15, 0.2) is 30.3 Å². The standard InChI is InChI=1S/C25H36N4O3/c1-18(29-22(31)24(2,3)27-23(29)32)21(30)26-20-11-15-28(16-12-20)17-25(13-7-8-14-25)19-9-5-4-6-10-19/h4-6,9-10,18,20H,7-8,11-17H2,1-3H3,(H,26,30)(H,27,32). The summed E-state index contributed by atoms with van der Waals surface area (Å²) in [6.45, 7) is 7.90. The first-order chi connectivity index (χ1) is 15.2. The molecule has 0 bridgehead atoms. The van der Waals surface area contributed by atoms with E-state index in [1.165, 1.54) is 31.2 Å². The highest BCUT2D eigenvalue weighted by molar-refractivity contribution is 6.09. The largest absolute Gasteiger partial charge is 0.351 e. The molecule has 1 atom stereocenters.